The van der Waals surface area contributed by atoms with Crippen molar-refractivity contribution in [2.45, 2.75) is 19.0 Å². The zero-order valence-corrected chi connectivity index (χ0v) is 14.7. The van der Waals surface area contributed by atoms with Crippen LogP contribution in [0, 0.1) is 5.82 Å². The summed E-state index contributed by atoms with van der Waals surface area (Å²) >= 11 is 0. The van der Waals surface area contributed by atoms with Crippen molar-refractivity contribution in [1.82, 2.24) is 10.2 Å². The first-order valence-corrected chi connectivity index (χ1v) is 8.00. The third-order valence-corrected chi connectivity index (χ3v) is 4.47. The molecule has 1 heterocycles. The average Bonchev–Trinajstić information content (AvgIpc) is 2.85. The average molecular weight is 358 g/mol. The molecule has 0 spiro atoms. The van der Waals surface area contributed by atoms with E-state index >= 15 is 0 Å². The molecule has 3 amide bonds. The summed E-state index contributed by atoms with van der Waals surface area (Å²) in [5.41, 5.74) is -0.149. The minimum atomic E-state index is -1.25. The van der Waals surface area contributed by atoms with Crippen molar-refractivity contribution >= 4 is 11.9 Å². The van der Waals surface area contributed by atoms with Crippen molar-refractivity contribution < 1.29 is 23.5 Å². The highest BCUT2D eigenvalue weighted by atomic mass is 19.1. The molecule has 1 fully saturated rings. The van der Waals surface area contributed by atoms with Gasteiger partial charge < -0.3 is 14.8 Å². The molecule has 7 heteroatoms. The van der Waals surface area contributed by atoms with Gasteiger partial charge in [-0.2, -0.15) is 0 Å². The molecule has 6 nitrogen and oxygen atoms in total. The largest absolute Gasteiger partial charge is 0.493 e. The lowest BCUT2D eigenvalue weighted by atomic mass is 9.91. The van der Waals surface area contributed by atoms with Gasteiger partial charge in [0.2, 0.25) is 0 Å². The molecule has 26 heavy (non-hydrogen) atoms. The fraction of sp³-hybridized carbons (Fsp3) is 0.263. The summed E-state index contributed by atoms with van der Waals surface area (Å²) < 4.78 is 23.9. The molecule has 3 rings (SSSR count). The maximum Gasteiger partial charge on any atom is 0.325 e. The van der Waals surface area contributed by atoms with Gasteiger partial charge in [-0.25, -0.2) is 9.18 Å². The van der Waals surface area contributed by atoms with Crippen molar-refractivity contribution in [2.75, 3.05) is 14.2 Å². The highest BCUT2D eigenvalue weighted by Gasteiger charge is 2.49. The van der Waals surface area contributed by atoms with Crippen LogP contribution in [0.25, 0.3) is 0 Å². The van der Waals surface area contributed by atoms with Crippen LogP contribution in [0.2, 0.25) is 0 Å². The Hall–Kier alpha value is -3.09. The molecule has 0 bridgehead atoms. The summed E-state index contributed by atoms with van der Waals surface area (Å²) in [6.07, 6.45) is 0. The predicted molar refractivity (Wildman–Crippen MR) is 92.4 cm³/mol. The number of hydrogen-bond donors (Lipinski definition) is 1. The molecular weight excluding hydrogens is 339 g/mol. The van der Waals surface area contributed by atoms with E-state index in [9.17, 15) is 14.0 Å². The molecule has 1 N–H and O–H groups in total. The summed E-state index contributed by atoms with van der Waals surface area (Å²) in [5.74, 6) is 0.140. The first-order valence-electron chi connectivity index (χ1n) is 8.00. The van der Waals surface area contributed by atoms with Gasteiger partial charge in [0.25, 0.3) is 5.91 Å². The van der Waals surface area contributed by atoms with Crippen molar-refractivity contribution in [2.24, 2.45) is 0 Å². The van der Waals surface area contributed by atoms with Gasteiger partial charge in [0.15, 0.2) is 11.5 Å². The van der Waals surface area contributed by atoms with Gasteiger partial charge in [0.1, 0.15) is 11.4 Å². The number of hydrogen-bond acceptors (Lipinski definition) is 4. The molecule has 1 aliphatic rings. The highest BCUT2D eigenvalue weighted by molar-refractivity contribution is 6.07. The third kappa shape index (κ3) is 2.96. The van der Waals surface area contributed by atoms with Crippen LogP contribution in [0.3, 0.4) is 0 Å². The number of nitrogens with one attached hydrogen (secondary N) is 1. The van der Waals surface area contributed by atoms with Gasteiger partial charge in [-0.3, -0.25) is 9.69 Å². The fourth-order valence-corrected chi connectivity index (χ4v) is 3.00. The Balaban J connectivity index is 1.92. The van der Waals surface area contributed by atoms with Crippen LogP contribution in [-0.2, 0) is 16.9 Å². The highest BCUT2D eigenvalue weighted by Crippen LogP contribution is 2.35. The summed E-state index contributed by atoms with van der Waals surface area (Å²) in [4.78, 5) is 26.4. The molecule has 1 atom stereocenters. The number of carbonyl (C=O) groups is 2. The van der Waals surface area contributed by atoms with Gasteiger partial charge in [-0.05, 0) is 42.3 Å². The van der Waals surface area contributed by atoms with Gasteiger partial charge in [0, 0.05) is 0 Å². The van der Waals surface area contributed by atoms with E-state index in [0.717, 1.165) is 4.90 Å². The van der Waals surface area contributed by atoms with Crippen LogP contribution in [0.5, 0.6) is 11.5 Å². The van der Waals surface area contributed by atoms with E-state index in [4.69, 9.17) is 9.47 Å². The van der Waals surface area contributed by atoms with E-state index < -0.39 is 23.3 Å². The van der Waals surface area contributed by atoms with Crippen LogP contribution in [-0.4, -0.2) is 31.1 Å². The minimum absolute atomic E-state index is 0.00862. The monoisotopic (exact) mass is 358 g/mol. The Bertz CT molecular complexity index is 870. The fourth-order valence-electron chi connectivity index (χ4n) is 3.00. The Morgan fingerprint density at radius 3 is 2.46 bits per heavy atom. The topological polar surface area (TPSA) is 67.9 Å². The maximum absolute atomic E-state index is 13.4. The van der Waals surface area contributed by atoms with E-state index in [1.54, 1.807) is 31.2 Å². The Morgan fingerprint density at radius 1 is 1.08 bits per heavy atom. The SMILES string of the molecule is COc1ccc(C2(C)NC(=O)N(Cc3cccc(F)c3)C2=O)cc1OC. The first-order chi connectivity index (χ1) is 12.4. The second-order valence-electron chi connectivity index (χ2n) is 6.15. The number of amides is 3. The normalized spacial score (nSPS) is 19.5. The van der Waals surface area contributed by atoms with Crippen LogP contribution in [0.1, 0.15) is 18.1 Å². The standard InChI is InChI=1S/C19H19FN2O4/c1-19(13-7-8-15(25-2)16(10-13)26-3)17(23)22(18(24)21-19)11-12-5-4-6-14(20)9-12/h4-10H,11H2,1-3H3,(H,21,24). The summed E-state index contributed by atoms with van der Waals surface area (Å²) in [6, 6.07) is 10.3. The molecule has 1 saturated heterocycles. The predicted octanol–water partition coefficient (Wildman–Crippen LogP) is 2.81. The number of rotatable bonds is 5. The van der Waals surface area contributed by atoms with Crippen LogP contribution in [0.4, 0.5) is 9.18 Å². The molecule has 0 aromatic heterocycles. The van der Waals surface area contributed by atoms with E-state index in [0.29, 0.717) is 22.6 Å². The lowest BCUT2D eigenvalue weighted by Gasteiger charge is -2.23. The molecule has 0 radical (unpaired) electrons. The maximum atomic E-state index is 13.4. The van der Waals surface area contributed by atoms with Crippen molar-refractivity contribution in [3.63, 3.8) is 0 Å². The zero-order chi connectivity index (χ0) is 18.9. The Kier molecular flexibility index (Phi) is 4.54. The molecule has 2 aromatic rings. The smallest absolute Gasteiger partial charge is 0.325 e. The molecule has 2 aromatic carbocycles. The lowest BCUT2D eigenvalue weighted by Crippen LogP contribution is -2.40. The second kappa shape index (κ2) is 6.67. The van der Waals surface area contributed by atoms with Crippen molar-refractivity contribution in [3.8, 4) is 11.5 Å². The summed E-state index contributed by atoms with van der Waals surface area (Å²) in [7, 11) is 3.01. The van der Waals surface area contributed by atoms with E-state index in [1.165, 1.54) is 32.4 Å². The Labute approximate surface area is 150 Å². The summed E-state index contributed by atoms with van der Waals surface area (Å²) in [5, 5.41) is 2.72. The summed E-state index contributed by atoms with van der Waals surface area (Å²) in [6.45, 7) is 1.62. The third-order valence-electron chi connectivity index (χ3n) is 4.47. The van der Waals surface area contributed by atoms with Gasteiger partial charge in [-0.15, -0.1) is 0 Å². The van der Waals surface area contributed by atoms with Gasteiger partial charge >= 0.3 is 6.03 Å². The number of halogens is 1. The minimum Gasteiger partial charge on any atom is -0.493 e. The van der Waals surface area contributed by atoms with Crippen LogP contribution in [0.15, 0.2) is 42.5 Å². The van der Waals surface area contributed by atoms with Gasteiger partial charge in [0.05, 0.1) is 20.8 Å². The molecular formula is C19H19FN2O4. The number of nitrogens with zero attached hydrogens (tertiary/aromatic N) is 1. The first kappa shape index (κ1) is 17.7. The molecule has 1 aliphatic heterocycles. The van der Waals surface area contributed by atoms with Gasteiger partial charge in [-0.1, -0.05) is 18.2 Å². The molecule has 0 aliphatic carbocycles. The van der Waals surface area contributed by atoms with Crippen LogP contribution < -0.4 is 14.8 Å². The Morgan fingerprint density at radius 2 is 1.81 bits per heavy atom. The number of imide groups is 1. The van der Waals surface area contributed by atoms with Crippen molar-refractivity contribution in [3.05, 3.63) is 59.4 Å². The molecule has 136 valence electrons. The number of carbonyl (C=O) groups excluding carboxylic acids is 2. The number of methoxy groups -OCH3 is 2. The van der Waals surface area contributed by atoms with Crippen molar-refractivity contribution in [1.29, 1.82) is 0 Å². The van der Waals surface area contributed by atoms with E-state index in [-0.39, 0.29) is 6.54 Å². The number of urea groups is 1. The van der Waals surface area contributed by atoms with Crippen LogP contribution >= 0.6 is 0 Å². The number of ether oxygens (including phenoxy) is 2. The second-order valence-corrected chi connectivity index (χ2v) is 6.15. The van der Waals surface area contributed by atoms with E-state index in [1.807, 2.05) is 0 Å². The molecule has 1 unspecified atom stereocenters. The lowest BCUT2D eigenvalue weighted by molar-refractivity contribution is -0.131. The zero-order valence-electron chi connectivity index (χ0n) is 14.7. The molecule has 0 saturated carbocycles. The van der Waals surface area contributed by atoms with E-state index in [2.05, 4.69) is 5.32 Å². The number of benzene rings is 2. The quantitative estimate of drug-likeness (QED) is 0.835.